The molecule has 0 atom stereocenters. The molecule has 1 aliphatic rings. The fourth-order valence-electron chi connectivity index (χ4n) is 2.04. The Morgan fingerprint density at radius 3 is 2.82 bits per heavy atom. The van der Waals surface area contributed by atoms with Gasteiger partial charge in [-0.3, -0.25) is 4.79 Å². The van der Waals surface area contributed by atoms with Gasteiger partial charge in [-0.25, -0.2) is 0 Å². The standard InChI is InChI=1S/C13H18N2O2/c16-9-4-11-2-1-3-12(10-11)13(17)15-7-5-14-6-8-15/h1-3,10,14,16H,4-9H2. The second kappa shape index (κ2) is 5.80. The minimum absolute atomic E-state index is 0.0892. The number of nitrogens with zero attached hydrogens (tertiary/aromatic N) is 1. The van der Waals surface area contributed by atoms with Crippen molar-refractivity contribution in [2.75, 3.05) is 32.8 Å². The van der Waals surface area contributed by atoms with Crippen LogP contribution in [0.3, 0.4) is 0 Å². The summed E-state index contributed by atoms with van der Waals surface area (Å²) in [5.41, 5.74) is 1.73. The third-order valence-electron chi connectivity index (χ3n) is 2.98. The van der Waals surface area contributed by atoms with Crippen LogP contribution in [0.2, 0.25) is 0 Å². The molecule has 0 radical (unpaired) electrons. The number of rotatable bonds is 3. The lowest BCUT2D eigenvalue weighted by molar-refractivity contribution is 0.0735. The highest BCUT2D eigenvalue weighted by Gasteiger charge is 2.17. The molecule has 1 aliphatic heterocycles. The first-order valence-electron chi connectivity index (χ1n) is 6.01. The number of aliphatic hydroxyl groups is 1. The number of piperazine rings is 1. The Balaban J connectivity index is 2.09. The lowest BCUT2D eigenvalue weighted by atomic mass is 10.1. The minimum atomic E-state index is 0.0892. The van der Waals surface area contributed by atoms with E-state index in [9.17, 15) is 4.79 Å². The van der Waals surface area contributed by atoms with E-state index >= 15 is 0 Å². The molecule has 4 heteroatoms. The smallest absolute Gasteiger partial charge is 0.253 e. The molecule has 2 rings (SSSR count). The van der Waals surface area contributed by atoms with Crippen molar-refractivity contribution in [3.05, 3.63) is 35.4 Å². The second-order valence-corrected chi connectivity index (χ2v) is 4.22. The monoisotopic (exact) mass is 234 g/mol. The fraction of sp³-hybridized carbons (Fsp3) is 0.462. The Morgan fingerprint density at radius 2 is 2.12 bits per heavy atom. The van der Waals surface area contributed by atoms with Gasteiger partial charge < -0.3 is 15.3 Å². The van der Waals surface area contributed by atoms with E-state index in [-0.39, 0.29) is 12.5 Å². The second-order valence-electron chi connectivity index (χ2n) is 4.22. The van der Waals surface area contributed by atoms with Crippen LogP contribution < -0.4 is 5.32 Å². The largest absolute Gasteiger partial charge is 0.396 e. The van der Waals surface area contributed by atoms with Gasteiger partial charge in [-0.15, -0.1) is 0 Å². The highest BCUT2D eigenvalue weighted by Crippen LogP contribution is 2.09. The lowest BCUT2D eigenvalue weighted by Gasteiger charge is -2.27. The molecule has 1 heterocycles. The zero-order valence-electron chi connectivity index (χ0n) is 9.85. The summed E-state index contributed by atoms with van der Waals surface area (Å²) < 4.78 is 0. The van der Waals surface area contributed by atoms with Crippen LogP contribution in [0.1, 0.15) is 15.9 Å². The number of carbonyl (C=O) groups excluding carboxylic acids is 1. The highest BCUT2D eigenvalue weighted by molar-refractivity contribution is 5.94. The molecule has 0 aromatic heterocycles. The van der Waals surface area contributed by atoms with Crippen LogP contribution in [0.15, 0.2) is 24.3 Å². The van der Waals surface area contributed by atoms with Crippen molar-refractivity contribution in [2.24, 2.45) is 0 Å². The van der Waals surface area contributed by atoms with Gasteiger partial charge in [0.25, 0.3) is 5.91 Å². The molecule has 17 heavy (non-hydrogen) atoms. The van der Waals surface area contributed by atoms with E-state index < -0.39 is 0 Å². The molecule has 0 saturated carbocycles. The van der Waals surface area contributed by atoms with Crippen molar-refractivity contribution >= 4 is 5.91 Å². The van der Waals surface area contributed by atoms with Gasteiger partial charge in [0.2, 0.25) is 0 Å². The Bertz CT molecular complexity index is 387. The van der Waals surface area contributed by atoms with E-state index in [2.05, 4.69) is 5.32 Å². The van der Waals surface area contributed by atoms with E-state index in [0.29, 0.717) is 6.42 Å². The van der Waals surface area contributed by atoms with E-state index in [0.717, 1.165) is 37.3 Å². The molecule has 1 aromatic rings. The molecule has 1 fully saturated rings. The third kappa shape index (κ3) is 3.05. The fourth-order valence-corrected chi connectivity index (χ4v) is 2.04. The Hall–Kier alpha value is -1.39. The van der Waals surface area contributed by atoms with E-state index in [1.54, 1.807) is 0 Å². The summed E-state index contributed by atoms with van der Waals surface area (Å²) in [6, 6.07) is 7.52. The molecule has 1 aromatic carbocycles. The van der Waals surface area contributed by atoms with E-state index in [1.807, 2.05) is 29.2 Å². The first-order chi connectivity index (χ1) is 8.31. The molecule has 1 saturated heterocycles. The number of hydrogen-bond acceptors (Lipinski definition) is 3. The summed E-state index contributed by atoms with van der Waals surface area (Å²) in [7, 11) is 0. The van der Waals surface area contributed by atoms with Crippen molar-refractivity contribution in [1.82, 2.24) is 10.2 Å². The summed E-state index contributed by atoms with van der Waals surface area (Å²) in [4.78, 5) is 14.1. The highest BCUT2D eigenvalue weighted by atomic mass is 16.3. The predicted molar refractivity (Wildman–Crippen MR) is 66.0 cm³/mol. The van der Waals surface area contributed by atoms with Gasteiger partial charge in [0.15, 0.2) is 0 Å². The molecule has 4 nitrogen and oxygen atoms in total. The average molecular weight is 234 g/mol. The van der Waals surface area contributed by atoms with Crippen molar-refractivity contribution in [2.45, 2.75) is 6.42 Å². The van der Waals surface area contributed by atoms with E-state index in [1.165, 1.54) is 0 Å². The topological polar surface area (TPSA) is 52.6 Å². The third-order valence-corrected chi connectivity index (χ3v) is 2.98. The average Bonchev–Trinajstić information content (AvgIpc) is 2.40. The summed E-state index contributed by atoms with van der Waals surface area (Å²) >= 11 is 0. The van der Waals surface area contributed by atoms with Crippen LogP contribution in [0.5, 0.6) is 0 Å². The maximum absolute atomic E-state index is 12.2. The van der Waals surface area contributed by atoms with E-state index in [4.69, 9.17) is 5.11 Å². The first kappa shape index (κ1) is 12.1. The number of benzene rings is 1. The van der Waals surface area contributed by atoms with Gasteiger partial charge in [0.05, 0.1) is 0 Å². The van der Waals surface area contributed by atoms with Crippen LogP contribution in [-0.4, -0.2) is 48.7 Å². The molecule has 0 spiro atoms. The van der Waals surface area contributed by atoms with Crippen molar-refractivity contribution in [3.63, 3.8) is 0 Å². The molecular weight excluding hydrogens is 216 g/mol. The van der Waals surface area contributed by atoms with Crippen LogP contribution in [-0.2, 0) is 6.42 Å². The molecule has 0 bridgehead atoms. The Labute approximate surface area is 101 Å². The molecule has 0 aliphatic carbocycles. The maximum atomic E-state index is 12.2. The summed E-state index contributed by atoms with van der Waals surface area (Å²) in [5.74, 6) is 0.0892. The predicted octanol–water partition coefficient (Wildman–Crippen LogP) is 0.267. The van der Waals surface area contributed by atoms with Gasteiger partial charge in [0.1, 0.15) is 0 Å². The maximum Gasteiger partial charge on any atom is 0.253 e. The molecule has 2 N–H and O–H groups in total. The van der Waals surface area contributed by atoms with Gasteiger partial charge in [-0.1, -0.05) is 12.1 Å². The lowest BCUT2D eigenvalue weighted by Crippen LogP contribution is -2.46. The van der Waals surface area contributed by atoms with Crippen LogP contribution >= 0.6 is 0 Å². The Kier molecular flexibility index (Phi) is 4.12. The summed E-state index contributed by atoms with van der Waals surface area (Å²) in [6.07, 6.45) is 0.600. The normalized spacial score (nSPS) is 15.9. The zero-order chi connectivity index (χ0) is 12.1. The van der Waals surface area contributed by atoms with Gasteiger partial charge in [-0.05, 0) is 24.1 Å². The number of carbonyl (C=O) groups is 1. The van der Waals surface area contributed by atoms with Gasteiger partial charge in [-0.2, -0.15) is 0 Å². The van der Waals surface area contributed by atoms with Crippen molar-refractivity contribution in [1.29, 1.82) is 0 Å². The summed E-state index contributed by atoms with van der Waals surface area (Å²) in [6.45, 7) is 3.38. The van der Waals surface area contributed by atoms with Crippen LogP contribution in [0, 0.1) is 0 Å². The van der Waals surface area contributed by atoms with Crippen LogP contribution in [0.4, 0.5) is 0 Å². The summed E-state index contributed by atoms with van der Waals surface area (Å²) in [5, 5.41) is 12.1. The SMILES string of the molecule is O=C(c1cccc(CCO)c1)N1CCNCC1. The Morgan fingerprint density at radius 1 is 1.35 bits per heavy atom. The number of aliphatic hydroxyl groups excluding tert-OH is 1. The number of nitrogens with one attached hydrogen (secondary N) is 1. The number of amides is 1. The zero-order valence-corrected chi connectivity index (χ0v) is 9.85. The number of hydrogen-bond donors (Lipinski definition) is 2. The van der Waals surface area contributed by atoms with Crippen molar-refractivity contribution in [3.8, 4) is 0 Å². The van der Waals surface area contributed by atoms with Crippen LogP contribution in [0.25, 0.3) is 0 Å². The van der Waals surface area contributed by atoms with Gasteiger partial charge >= 0.3 is 0 Å². The molecule has 1 amide bonds. The minimum Gasteiger partial charge on any atom is -0.396 e. The van der Waals surface area contributed by atoms with Gasteiger partial charge in [0, 0.05) is 38.3 Å². The molecule has 0 unspecified atom stereocenters. The quantitative estimate of drug-likeness (QED) is 0.789. The molecular formula is C13H18N2O2. The van der Waals surface area contributed by atoms with Crippen molar-refractivity contribution < 1.29 is 9.90 Å². The molecule has 92 valence electrons. The first-order valence-corrected chi connectivity index (χ1v) is 6.01.